The van der Waals surface area contributed by atoms with Crippen LogP contribution < -0.4 is 14.8 Å². The lowest BCUT2D eigenvalue weighted by molar-refractivity contribution is -0.114. The summed E-state index contributed by atoms with van der Waals surface area (Å²) in [4.78, 5) is 11.1. The van der Waals surface area contributed by atoms with Crippen molar-refractivity contribution in [2.75, 3.05) is 12.4 Å². The third-order valence-electron chi connectivity index (χ3n) is 2.74. The van der Waals surface area contributed by atoms with E-state index in [1.165, 1.54) is 26.2 Å². The molecule has 1 rings (SSSR count). The molecule has 1 amide bonds. The molecule has 0 radical (unpaired) electrons. The molecule has 0 aliphatic heterocycles. The van der Waals surface area contributed by atoms with Crippen molar-refractivity contribution in [3.05, 3.63) is 18.2 Å². The minimum absolute atomic E-state index is 0.00606. The van der Waals surface area contributed by atoms with Gasteiger partial charge >= 0.3 is 0 Å². The fraction of sp³-hybridized carbons (Fsp3) is 0.462. The summed E-state index contributed by atoms with van der Waals surface area (Å²) in [5.41, 5.74) is 0.405. The van der Waals surface area contributed by atoms with E-state index in [-0.39, 0.29) is 22.6 Å². The molecule has 1 atom stereocenters. The van der Waals surface area contributed by atoms with Gasteiger partial charge in [0.1, 0.15) is 10.6 Å². The molecule has 6 nitrogen and oxygen atoms in total. The number of sulfonamides is 1. The van der Waals surface area contributed by atoms with Crippen LogP contribution in [0.4, 0.5) is 5.69 Å². The first-order chi connectivity index (χ1) is 9.30. The molecular weight excluding hydrogens is 280 g/mol. The number of nitrogens with one attached hydrogen (secondary N) is 2. The van der Waals surface area contributed by atoms with Gasteiger partial charge in [-0.3, -0.25) is 4.79 Å². The molecule has 0 aliphatic carbocycles. The van der Waals surface area contributed by atoms with Gasteiger partial charge < -0.3 is 10.1 Å². The number of rotatable bonds is 6. The maximum absolute atomic E-state index is 12.3. The fourth-order valence-corrected chi connectivity index (χ4v) is 3.10. The number of ether oxygens (including phenoxy) is 1. The van der Waals surface area contributed by atoms with Crippen LogP contribution in [0.3, 0.4) is 0 Å². The molecule has 1 aromatic rings. The van der Waals surface area contributed by atoms with E-state index in [2.05, 4.69) is 10.0 Å². The van der Waals surface area contributed by atoms with Crippen molar-refractivity contribution in [1.82, 2.24) is 4.72 Å². The van der Waals surface area contributed by atoms with Crippen LogP contribution in [-0.4, -0.2) is 27.5 Å². The number of benzene rings is 1. The normalized spacial score (nSPS) is 12.8. The maximum Gasteiger partial charge on any atom is 0.244 e. The van der Waals surface area contributed by atoms with Gasteiger partial charge in [0.15, 0.2) is 0 Å². The van der Waals surface area contributed by atoms with Crippen molar-refractivity contribution in [3.63, 3.8) is 0 Å². The number of hydrogen-bond donors (Lipinski definition) is 2. The van der Waals surface area contributed by atoms with Crippen LogP contribution in [0.2, 0.25) is 0 Å². The summed E-state index contributed by atoms with van der Waals surface area (Å²) in [6, 6.07) is 4.29. The Bertz CT molecular complexity index is 584. The van der Waals surface area contributed by atoms with Gasteiger partial charge in [-0.1, -0.05) is 6.92 Å². The maximum atomic E-state index is 12.3. The van der Waals surface area contributed by atoms with Crippen molar-refractivity contribution in [3.8, 4) is 5.75 Å². The zero-order valence-corrected chi connectivity index (χ0v) is 12.9. The highest BCUT2D eigenvalue weighted by molar-refractivity contribution is 7.89. The van der Waals surface area contributed by atoms with E-state index in [0.29, 0.717) is 12.1 Å². The standard InChI is InChI=1S/C13H20N2O4S/c1-5-9(2)15-20(17,18)13-8-11(14-10(3)16)6-7-12(13)19-4/h6-9,15H,5H2,1-4H3,(H,14,16). The first-order valence-corrected chi connectivity index (χ1v) is 7.76. The van der Waals surface area contributed by atoms with E-state index in [9.17, 15) is 13.2 Å². The van der Waals surface area contributed by atoms with Crippen LogP contribution in [-0.2, 0) is 14.8 Å². The average molecular weight is 300 g/mol. The van der Waals surface area contributed by atoms with Crippen LogP contribution in [0.25, 0.3) is 0 Å². The van der Waals surface area contributed by atoms with Gasteiger partial charge in [0.2, 0.25) is 15.9 Å². The van der Waals surface area contributed by atoms with Crippen molar-refractivity contribution in [1.29, 1.82) is 0 Å². The molecule has 1 aromatic carbocycles. The average Bonchev–Trinajstić information content (AvgIpc) is 2.37. The number of anilines is 1. The summed E-state index contributed by atoms with van der Waals surface area (Å²) >= 11 is 0. The summed E-state index contributed by atoms with van der Waals surface area (Å²) in [5, 5.41) is 2.55. The van der Waals surface area contributed by atoms with Crippen LogP contribution in [0.1, 0.15) is 27.2 Å². The molecule has 1 unspecified atom stereocenters. The van der Waals surface area contributed by atoms with Gasteiger partial charge in [-0.05, 0) is 31.5 Å². The monoisotopic (exact) mass is 300 g/mol. The number of methoxy groups -OCH3 is 1. The minimum Gasteiger partial charge on any atom is -0.495 e. The van der Waals surface area contributed by atoms with Gasteiger partial charge in [-0.15, -0.1) is 0 Å². The number of hydrogen-bond acceptors (Lipinski definition) is 4. The highest BCUT2D eigenvalue weighted by Crippen LogP contribution is 2.27. The van der Waals surface area contributed by atoms with E-state index in [4.69, 9.17) is 4.74 Å². The summed E-state index contributed by atoms with van der Waals surface area (Å²) in [5.74, 6) is -0.0386. The predicted molar refractivity (Wildman–Crippen MR) is 77.4 cm³/mol. The van der Waals surface area contributed by atoms with Crippen molar-refractivity contribution in [2.24, 2.45) is 0 Å². The third-order valence-corrected chi connectivity index (χ3v) is 4.35. The van der Waals surface area contributed by atoms with Crippen molar-refractivity contribution >= 4 is 21.6 Å². The van der Waals surface area contributed by atoms with E-state index in [1.54, 1.807) is 13.0 Å². The molecule has 7 heteroatoms. The van der Waals surface area contributed by atoms with E-state index in [0.717, 1.165) is 0 Å². The highest BCUT2D eigenvalue weighted by Gasteiger charge is 2.21. The lowest BCUT2D eigenvalue weighted by atomic mass is 10.3. The molecule has 0 fully saturated rings. The number of carbonyl (C=O) groups is 1. The predicted octanol–water partition coefficient (Wildman–Crippen LogP) is 1.73. The summed E-state index contributed by atoms with van der Waals surface area (Å²) in [6.45, 7) is 5.02. The smallest absolute Gasteiger partial charge is 0.244 e. The first-order valence-electron chi connectivity index (χ1n) is 6.28. The molecule has 112 valence electrons. The van der Waals surface area contributed by atoms with Crippen LogP contribution in [0, 0.1) is 0 Å². The zero-order chi connectivity index (χ0) is 15.3. The molecular formula is C13H20N2O4S. The Morgan fingerprint density at radius 1 is 1.40 bits per heavy atom. The molecule has 0 aliphatic rings. The molecule has 20 heavy (non-hydrogen) atoms. The molecule has 0 saturated carbocycles. The highest BCUT2D eigenvalue weighted by atomic mass is 32.2. The fourth-order valence-electron chi connectivity index (χ4n) is 1.58. The molecule has 0 heterocycles. The van der Waals surface area contributed by atoms with Crippen LogP contribution in [0.5, 0.6) is 5.75 Å². The second kappa shape index (κ2) is 6.71. The second-order valence-corrected chi connectivity index (χ2v) is 6.16. The lowest BCUT2D eigenvalue weighted by Crippen LogP contribution is -2.32. The largest absolute Gasteiger partial charge is 0.495 e. The van der Waals surface area contributed by atoms with Gasteiger partial charge in [0.25, 0.3) is 0 Å². The Morgan fingerprint density at radius 3 is 2.55 bits per heavy atom. The SMILES string of the molecule is CCC(C)NS(=O)(=O)c1cc(NC(C)=O)ccc1OC. The molecule has 0 spiro atoms. The number of carbonyl (C=O) groups excluding carboxylic acids is 1. The minimum atomic E-state index is -3.70. The van der Waals surface area contributed by atoms with Gasteiger partial charge in [0.05, 0.1) is 7.11 Å². The Balaban J connectivity index is 3.22. The Morgan fingerprint density at radius 2 is 2.05 bits per heavy atom. The van der Waals surface area contributed by atoms with E-state index >= 15 is 0 Å². The molecule has 2 N–H and O–H groups in total. The summed E-state index contributed by atoms with van der Waals surface area (Å²) in [7, 11) is -2.30. The second-order valence-electron chi connectivity index (χ2n) is 4.48. The quantitative estimate of drug-likeness (QED) is 0.838. The lowest BCUT2D eigenvalue weighted by Gasteiger charge is -2.15. The first kappa shape index (κ1) is 16.5. The van der Waals surface area contributed by atoms with Crippen LogP contribution in [0.15, 0.2) is 23.1 Å². The summed E-state index contributed by atoms with van der Waals surface area (Å²) < 4.78 is 32.3. The Kier molecular flexibility index (Phi) is 5.52. The van der Waals surface area contributed by atoms with Gasteiger partial charge in [0, 0.05) is 18.7 Å². The van der Waals surface area contributed by atoms with Gasteiger partial charge in [-0.2, -0.15) is 0 Å². The molecule has 0 saturated heterocycles. The number of amides is 1. The van der Waals surface area contributed by atoms with Crippen molar-refractivity contribution in [2.45, 2.75) is 38.1 Å². The van der Waals surface area contributed by atoms with E-state index in [1.807, 2.05) is 6.92 Å². The molecule has 0 bridgehead atoms. The van der Waals surface area contributed by atoms with Crippen LogP contribution >= 0.6 is 0 Å². The third kappa shape index (κ3) is 4.21. The summed E-state index contributed by atoms with van der Waals surface area (Å²) in [6.07, 6.45) is 0.674. The zero-order valence-electron chi connectivity index (χ0n) is 12.1. The topological polar surface area (TPSA) is 84.5 Å². The Labute approximate surface area is 119 Å². The van der Waals surface area contributed by atoms with Crippen molar-refractivity contribution < 1.29 is 17.9 Å². The molecule has 0 aromatic heterocycles. The van der Waals surface area contributed by atoms with Gasteiger partial charge in [-0.25, -0.2) is 13.1 Å². The van der Waals surface area contributed by atoms with E-state index < -0.39 is 10.0 Å². The Hall–Kier alpha value is -1.60.